The van der Waals surface area contributed by atoms with E-state index in [-0.39, 0.29) is 0 Å². The van der Waals surface area contributed by atoms with Crippen molar-refractivity contribution in [1.82, 2.24) is 4.98 Å². The molecule has 3 nitrogen and oxygen atoms in total. The highest BCUT2D eigenvalue weighted by molar-refractivity contribution is 5.20. The predicted octanol–water partition coefficient (Wildman–Crippen LogP) is 7.11. The molecule has 1 aromatic heterocycles. The number of aliphatic hydroxyl groups excluding tert-OH is 1. The second kappa shape index (κ2) is 9.04. The van der Waals surface area contributed by atoms with Crippen molar-refractivity contribution in [3.63, 3.8) is 0 Å². The second-order valence-corrected chi connectivity index (χ2v) is 13.1. The van der Waals surface area contributed by atoms with Crippen LogP contribution in [0.2, 0.25) is 0 Å². The topological polar surface area (TPSA) is 53.4 Å². The van der Waals surface area contributed by atoms with Crippen LogP contribution >= 0.6 is 0 Å². The van der Waals surface area contributed by atoms with Crippen LogP contribution in [-0.2, 0) is 0 Å². The van der Waals surface area contributed by atoms with Crippen molar-refractivity contribution in [2.75, 3.05) is 0 Å². The van der Waals surface area contributed by atoms with E-state index < -0.39 is 11.7 Å². The van der Waals surface area contributed by atoms with Crippen LogP contribution in [-0.4, -0.2) is 20.8 Å². The first-order valence-electron chi connectivity index (χ1n) is 14.2. The average Bonchev–Trinajstić information content (AvgIpc) is 3.20. The van der Waals surface area contributed by atoms with Crippen LogP contribution in [0, 0.1) is 46.3 Å². The third kappa shape index (κ3) is 3.99. The summed E-state index contributed by atoms with van der Waals surface area (Å²) in [5.74, 6) is 4.20. The summed E-state index contributed by atoms with van der Waals surface area (Å²) in [4.78, 5) is 4.35. The number of nitrogens with zero attached hydrogens (tertiary/aromatic N) is 1. The predicted molar refractivity (Wildman–Crippen MR) is 138 cm³/mol. The van der Waals surface area contributed by atoms with Gasteiger partial charge < -0.3 is 10.2 Å². The lowest BCUT2D eigenvalue weighted by molar-refractivity contribution is -0.149. The molecule has 3 saturated carbocycles. The van der Waals surface area contributed by atoms with Gasteiger partial charge in [-0.3, -0.25) is 4.98 Å². The summed E-state index contributed by atoms with van der Waals surface area (Å²) in [7, 11) is 0. The van der Waals surface area contributed by atoms with Crippen molar-refractivity contribution in [2.45, 2.75) is 104 Å². The Labute approximate surface area is 207 Å². The van der Waals surface area contributed by atoms with Gasteiger partial charge in [0.2, 0.25) is 0 Å². The van der Waals surface area contributed by atoms with E-state index in [1.54, 1.807) is 6.20 Å². The molecule has 0 saturated heterocycles. The Kier molecular flexibility index (Phi) is 6.51. The summed E-state index contributed by atoms with van der Waals surface area (Å²) in [6, 6.07) is 5.81. The zero-order valence-electron chi connectivity index (χ0n) is 21.9. The van der Waals surface area contributed by atoms with Gasteiger partial charge in [0.15, 0.2) is 0 Å². The van der Waals surface area contributed by atoms with Gasteiger partial charge in [0, 0.05) is 6.20 Å². The van der Waals surface area contributed by atoms with Gasteiger partial charge in [0.1, 0.15) is 0 Å². The summed E-state index contributed by atoms with van der Waals surface area (Å²) in [6.07, 6.45) is 17.8. The molecule has 3 heteroatoms. The Balaban J connectivity index is 1.26. The summed E-state index contributed by atoms with van der Waals surface area (Å²) in [5, 5.41) is 21.7. The van der Waals surface area contributed by atoms with Crippen LogP contribution in [0.1, 0.15) is 104 Å². The lowest BCUT2D eigenvalue weighted by Gasteiger charge is -2.62. The summed E-state index contributed by atoms with van der Waals surface area (Å²) in [5.41, 5.74) is 1.16. The number of aliphatic hydroxyl groups is 2. The van der Waals surface area contributed by atoms with Gasteiger partial charge in [-0.2, -0.15) is 0 Å². The number of rotatable bonds is 6. The van der Waals surface area contributed by atoms with E-state index in [1.807, 2.05) is 18.2 Å². The minimum absolute atomic E-state index is 0.360. The number of allylic oxidation sites excluding steroid dienone is 2. The molecule has 1 aromatic rings. The average molecular weight is 466 g/mol. The highest BCUT2D eigenvalue weighted by Crippen LogP contribution is 2.67. The highest BCUT2D eigenvalue weighted by atomic mass is 16.3. The van der Waals surface area contributed by atoms with Crippen molar-refractivity contribution in [2.24, 2.45) is 46.3 Å². The van der Waals surface area contributed by atoms with Gasteiger partial charge >= 0.3 is 0 Å². The molecule has 0 unspecified atom stereocenters. The normalized spacial score (nSPS) is 45.2. The van der Waals surface area contributed by atoms with Gasteiger partial charge in [-0.25, -0.2) is 0 Å². The maximum Gasteiger partial charge on any atom is 0.0959 e. The maximum absolute atomic E-state index is 11.0. The fraction of sp³-hybridized carbons (Fsp3) is 0.774. The number of aromatic nitrogens is 1. The molecule has 4 aliphatic rings. The molecule has 0 amide bonds. The number of fused-ring (bicyclic) bond motifs is 5. The Morgan fingerprint density at radius 2 is 1.85 bits per heavy atom. The largest absolute Gasteiger partial charge is 0.390 e. The third-order valence-corrected chi connectivity index (χ3v) is 11.6. The molecule has 0 aromatic carbocycles. The van der Waals surface area contributed by atoms with E-state index in [0.717, 1.165) is 49.6 Å². The van der Waals surface area contributed by atoms with Crippen LogP contribution in [0.5, 0.6) is 0 Å². The quantitative estimate of drug-likeness (QED) is 0.440. The van der Waals surface area contributed by atoms with E-state index >= 15 is 0 Å². The van der Waals surface area contributed by atoms with Crippen LogP contribution in [0.3, 0.4) is 0 Å². The molecular formula is C31H47NO2. The Bertz CT molecular complexity index is 885. The zero-order chi connectivity index (χ0) is 24.1. The smallest absolute Gasteiger partial charge is 0.0959 e. The fourth-order valence-electron chi connectivity index (χ4n) is 9.29. The van der Waals surface area contributed by atoms with Crippen LogP contribution in [0.15, 0.2) is 36.5 Å². The van der Waals surface area contributed by atoms with E-state index in [4.69, 9.17) is 0 Å². The van der Waals surface area contributed by atoms with Crippen molar-refractivity contribution < 1.29 is 10.2 Å². The van der Waals surface area contributed by atoms with Crippen molar-refractivity contribution >= 4 is 0 Å². The van der Waals surface area contributed by atoms with Gasteiger partial charge in [-0.05, 0) is 123 Å². The maximum atomic E-state index is 11.0. The van der Waals surface area contributed by atoms with Crippen molar-refractivity contribution in [1.29, 1.82) is 0 Å². The molecule has 0 bridgehead atoms. The molecule has 2 N–H and O–H groups in total. The molecule has 0 aliphatic heterocycles. The second-order valence-electron chi connectivity index (χ2n) is 13.1. The van der Waals surface area contributed by atoms with Crippen LogP contribution < -0.4 is 0 Å². The molecule has 0 spiro atoms. The molecule has 34 heavy (non-hydrogen) atoms. The number of hydrogen-bond acceptors (Lipinski definition) is 3. The molecule has 4 aliphatic carbocycles. The van der Waals surface area contributed by atoms with Gasteiger partial charge in [0.05, 0.1) is 17.4 Å². The molecule has 188 valence electrons. The Morgan fingerprint density at radius 1 is 1.03 bits per heavy atom. The lowest BCUT2D eigenvalue weighted by Crippen LogP contribution is -2.56. The lowest BCUT2D eigenvalue weighted by atomic mass is 9.43. The van der Waals surface area contributed by atoms with Gasteiger partial charge in [0.25, 0.3) is 0 Å². The Morgan fingerprint density at radius 3 is 2.59 bits per heavy atom. The molecule has 3 fully saturated rings. The number of hydrogen-bond donors (Lipinski definition) is 2. The van der Waals surface area contributed by atoms with E-state index in [1.165, 1.54) is 32.1 Å². The van der Waals surface area contributed by atoms with E-state index in [2.05, 4.69) is 44.8 Å². The standard InChI is InChI=1S/C31H47NO2/c1-5-31(34)18-17-29(3)22(20-31)10-11-23-25-13-12-24(30(25,4)16-15-26(23)29)21(2)9-14-28(33)27-8-6-7-19-32-27/h6-8,12-13,19,21-26,28,33-34H,5,9-11,14-18,20H2,1-4H3/t21-,22+,23+,24-,25+,26+,28-,29+,30-,31+/m1/s1. The highest BCUT2D eigenvalue weighted by Gasteiger charge is 2.60. The van der Waals surface area contributed by atoms with Crippen LogP contribution in [0.25, 0.3) is 0 Å². The van der Waals surface area contributed by atoms with E-state index in [0.29, 0.717) is 34.5 Å². The SMILES string of the molecule is CC[C@]1(O)CC[C@@]2(C)[C@@H](CC[C@H]3[C@@H]4C=C[C@H]([C@H](C)CC[C@@H](O)c5ccccn5)[C@@]4(C)CC[C@@H]32)C1. The van der Waals surface area contributed by atoms with E-state index in [9.17, 15) is 10.2 Å². The first kappa shape index (κ1) is 24.5. The fourth-order valence-corrected chi connectivity index (χ4v) is 9.29. The first-order chi connectivity index (χ1) is 16.2. The third-order valence-electron chi connectivity index (χ3n) is 11.6. The van der Waals surface area contributed by atoms with Crippen molar-refractivity contribution in [3.8, 4) is 0 Å². The summed E-state index contributed by atoms with van der Waals surface area (Å²) >= 11 is 0. The zero-order valence-corrected chi connectivity index (χ0v) is 21.9. The van der Waals surface area contributed by atoms with Gasteiger partial charge in [-0.15, -0.1) is 0 Å². The molecule has 1 heterocycles. The molecule has 10 atom stereocenters. The monoisotopic (exact) mass is 465 g/mol. The summed E-state index contributed by atoms with van der Waals surface area (Å²) < 4.78 is 0. The van der Waals surface area contributed by atoms with Gasteiger partial charge in [-0.1, -0.05) is 45.9 Å². The molecule has 5 rings (SSSR count). The van der Waals surface area contributed by atoms with Crippen molar-refractivity contribution in [3.05, 3.63) is 42.2 Å². The Hall–Kier alpha value is -1.19. The molecule has 0 radical (unpaired) electrons. The first-order valence-corrected chi connectivity index (χ1v) is 14.2. The minimum atomic E-state index is -0.461. The van der Waals surface area contributed by atoms with Crippen LogP contribution in [0.4, 0.5) is 0 Å². The minimum Gasteiger partial charge on any atom is -0.390 e. The number of pyridine rings is 1. The molecular weight excluding hydrogens is 418 g/mol. The summed E-state index contributed by atoms with van der Waals surface area (Å²) in [6.45, 7) is 9.74.